The number of imidazole rings is 1. The van der Waals surface area contributed by atoms with Gasteiger partial charge >= 0.3 is 0 Å². The topological polar surface area (TPSA) is 76.3 Å². The van der Waals surface area contributed by atoms with Crippen LogP contribution in [0.15, 0.2) is 31.0 Å². The Morgan fingerprint density at radius 1 is 1.12 bits per heavy atom. The number of aryl methyl sites for hydroxylation is 2. The average molecular weight is 336 g/mol. The second kappa shape index (κ2) is 6.23. The third-order valence-electron chi connectivity index (χ3n) is 4.62. The number of rotatable bonds is 2. The first kappa shape index (κ1) is 15.7. The summed E-state index contributed by atoms with van der Waals surface area (Å²) in [5.74, 6) is 0.773. The summed E-state index contributed by atoms with van der Waals surface area (Å²) in [5.41, 5.74) is 3.10. The van der Waals surface area contributed by atoms with Crippen LogP contribution in [0.5, 0.6) is 0 Å². The highest BCUT2D eigenvalue weighted by molar-refractivity contribution is 5.92. The zero-order valence-corrected chi connectivity index (χ0v) is 14.4. The van der Waals surface area contributed by atoms with Crippen LogP contribution >= 0.6 is 0 Å². The molecule has 1 fully saturated rings. The predicted molar refractivity (Wildman–Crippen MR) is 92.1 cm³/mol. The fraction of sp³-hybridized carbons (Fsp3) is 0.389. The van der Waals surface area contributed by atoms with Crippen LogP contribution in [0.1, 0.15) is 53.0 Å². The second-order valence-electron chi connectivity index (χ2n) is 6.50. The van der Waals surface area contributed by atoms with Crippen LogP contribution < -0.4 is 0 Å². The molecule has 0 radical (unpaired) electrons. The molecule has 0 aliphatic carbocycles. The van der Waals surface area contributed by atoms with Gasteiger partial charge in [0.1, 0.15) is 17.8 Å². The number of aromatic nitrogens is 5. The highest BCUT2D eigenvalue weighted by atomic mass is 16.2. The maximum Gasteiger partial charge on any atom is 0.274 e. The smallest absolute Gasteiger partial charge is 0.274 e. The minimum atomic E-state index is -0.0891. The monoisotopic (exact) mass is 336 g/mol. The van der Waals surface area contributed by atoms with Gasteiger partial charge in [-0.1, -0.05) is 0 Å². The molecule has 0 aromatic carbocycles. The third kappa shape index (κ3) is 2.86. The van der Waals surface area contributed by atoms with Crippen LogP contribution in [0.3, 0.4) is 0 Å². The standard InChI is InChI=1S/C18H20N6O/c1-12-7-14-9-19-11-24(14)17(22-12)16-5-3-4-6-23(16)18(25)15-10-20-13(2)8-21-15/h7-11,16H,3-6H2,1-2H3/t16-/m1/s1. The van der Waals surface area contributed by atoms with E-state index >= 15 is 0 Å². The van der Waals surface area contributed by atoms with E-state index in [1.165, 1.54) is 0 Å². The zero-order valence-electron chi connectivity index (χ0n) is 14.4. The maximum absolute atomic E-state index is 13.0. The Morgan fingerprint density at radius 3 is 2.80 bits per heavy atom. The summed E-state index contributed by atoms with van der Waals surface area (Å²) in [7, 11) is 0. The van der Waals surface area contributed by atoms with E-state index in [4.69, 9.17) is 4.98 Å². The molecule has 3 aromatic heterocycles. The van der Waals surface area contributed by atoms with Gasteiger partial charge in [0.25, 0.3) is 5.91 Å². The molecular formula is C18H20N6O. The van der Waals surface area contributed by atoms with Gasteiger partial charge in [-0.05, 0) is 39.2 Å². The summed E-state index contributed by atoms with van der Waals surface area (Å²) in [4.78, 5) is 32.3. The molecular weight excluding hydrogens is 316 g/mol. The first-order valence-electron chi connectivity index (χ1n) is 8.53. The summed E-state index contributed by atoms with van der Waals surface area (Å²) in [6, 6.07) is 1.91. The Kier molecular flexibility index (Phi) is 3.91. The molecule has 0 bridgehead atoms. The quantitative estimate of drug-likeness (QED) is 0.719. The molecule has 7 heteroatoms. The van der Waals surface area contributed by atoms with E-state index in [0.29, 0.717) is 12.2 Å². The first-order chi connectivity index (χ1) is 12.1. The molecule has 0 saturated carbocycles. The van der Waals surface area contributed by atoms with Crippen molar-refractivity contribution in [3.05, 3.63) is 53.9 Å². The van der Waals surface area contributed by atoms with Gasteiger partial charge in [-0.3, -0.25) is 14.2 Å². The number of carbonyl (C=O) groups is 1. The van der Waals surface area contributed by atoms with Crippen molar-refractivity contribution in [2.75, 3.05) is 6.54 Å². The summed E-state index contributed by atoms with van der Waals surface area (Å²) in [5, 5.41) is 0. The molecule has 3 aromatic rings. The predicted octanol–water partition coefficient (Wildman–Crippen LogP) is 2.50. The highest BCUT2D eigenvalue weighted by Gasteiger charge is 2.32. The number of fused-ring (bicyclic) bond motifs is 1. The van der Waals surface area contributed by atoms with Gasteiger partial charge in [-0.25, -0.2) is 15.0 Å². The largest absolute Gasteiger partial charge is 0.327 e. The van der Waals surface area contributed by atoms with E-state index in [9.17, 15) is 4.79 Å². The van der Waals surface area contributed by atoms with E-state index in [2.05, 4.69) is 15.0 Å². The van der Waals surface area contributed by atoms with Gasteiger partial charge in [0.05, 0.1) is 29.6 Å². The minimum Gasteiger partial charge on any atom is -0.327 e. The Balaban J connectivity index is 1.75. The molecule has 1 atom stereocenters. The Hall–Kier alpha value is -2.83. The van der Waals surface area contributed by atoms with Gasteiger partial charge in [-0.2, -0.15) is 0 Å². The molecule has 0 N–H and O–H groups in total. The van der Waals surface area contributed by atoms with Gasteiger partial charge in [-0.15, -0.1) is 0 Å². The van der Waals surface area contributed by atoms with Crippen LogP contribution in [-0.2, 0) is 0 Å². The normalized spacial score (nSPS) is 17.8. The number of carbonyl (C=O) groups excluding carboxylic acids is 1. The summed E-state index contributed by atoms with van der Waals surface area (Å²) >= 11 is 0. The maximum atomic E-state index is 13.0. The lowest BCUT2D eigenvalue weighted by atomic mass is 10.0. The fourth-order valence-corrected chi connectivity index (χ4v) is 3.41. The van der Waals surface area contributed by atoms with Crippen LogP contribution in [0.2, 0.25) is 0 Å². The Labute approximate surface area is 145 Å². The zero-order chi connectivity index (χ0) is 17.4. The van der Waals surface area contributed by atoms with Crippen molar-refractivity contribution in [3.8, 4) is 0 Å². The molecule has 0 spiro atoms. The molecule has 128 valence electrons. The van der Waals surface area contributed by atoms with E-state index in [1.54, 1.807) is 18.7 Å². The molecule has 25 heavy (non-hydrogen) atoms. The van der Waals surface area contributed by atoms with Gasteiger partial charge < -0.3 is 4.90 Å². The number of hydrogen-bond donors (Lipinski definition) is 0. The second-order valence-corrected chi connectivity index (χ2v) is 6.50. The number of nitrogens with zero attached hydrogens (tertiary/aromatic N) is 6. The van der Waals surface area contributed by atoms with Crippen molar-refractivity contribution < 1.29 is 4.79 Å². The number of hydrogen-bond acceptors (Lipinski definition) is 5. The minimum absolute atomic E-state index is 0.0825. The summed E-state index contributed by atoms with van der Waals surface area (Å²) in [6.07, 6.45) is 9.71. The van der Waals surface area contributed by atoms with Crippen molar-refractivity contribution in [2.24, 2.45) is 0 Å². The van der Waals surface area contributed by atoms with Gasteiger partial charge in [0, 0.05) is 18.4 Å². The fourth-order valence-electron chi connectivity index (χ4n) is 3.41. The molecule has 1 aliphatic heterocycles. The first-order valence-corrected chi connectivity index (χ1v) is 8.53. The third-order valence-corrected chi connectivity index (χ3v) is 4.62. The van der Waals surface area contributed by atoms with Gasteiger partial charge in [0.2, 0.25) is 0 Å². The molecule has 4 heterocycles. The van der Waals surface area contributed by atoms with E-state index in [0.717, 1.165) is 42.0 Å². The van der Waals surface area contributed by atoms with E-state index < -0.39 is 0 Å². The lowest BCUT2D eigenvalue weighted by Gasteiger charge is -2.35. The molecule has 4 rings (SSSR count). The van der Waals surface area contributed by atoms with Crippen molar-refractivity contribution in [2.45, 2.75) is 39.2 Å². The van der Waals surface area contributed by atoms with Crippen LogP contribution in [0.4, 0.5) is 0 Å². The Bertz CT molecular complexity index is 917. The highest BCUT2D eigenvalue weighted by Crippen LogP contribution is 2.31. The van der Waals surface area contributed by atoms with Crippen LogP contribution in [0, 0.1) is 13.8 Å². The summed E-state index contributed by atoms with van der Waals surface area (Å²) < 4.78 is 1.98. The SMILES string of the molecule is Cc1cnc(C(=O)N2CCCC[C@@H]2c2nc(C)cc3cncn23)cn1. The van der Waals surface area contributed by atoms with Crippen molar-refractivity contribution in [3.63, 3.8) is 0 Å². The van der Waals surface area contributed by atoms with E-state index in [-0.39, 0.29) is 11.9 Å². The number of piperidine rings is 1. The van der Waals surface area contributed by atoms with Crippen molar-refractivity contribution >= 4 is 11.4 Å². The molecule has 1 amide bonds. The molecule has 0 unspecified atom stereocenters. The Morgan fingerprint density at radius 2 is 2.00 bits per heavy atom. The van der Waals surface area contributed by atoms with Crippen LogP contribution in [-0.4, -0.2) is 41.7 Å². The molecule has 7 nitrogen and oxygen atoms in total. The summed E-state index contributed by atoms with van der Waals surface area (Å²) in [6.45, 7) is 4.53. The van der Waals surface area contributed by atoms with Crippen molar-refractivity contribution in [1.29, 1.82) is 0 Å². The van der Waals surface area contributed by atoms with Crippen molar-refractivity contribution in [1.82, 2.24) is 29.2 Å². The van der Waals surface area contributed by atoms with Gasteiger partial charge in [0.15, 0.2) is 0 Å². The lowest BCUT2D eigenvalue weighted by Crippen LogP contribution is -2.40. The number of amides is 1. The van der Waals surface area contributed by atoms with Crippen LogP contribution in [0.25, 0.3) is 5.52 Å². The van der Waals surface area contributed by atoms with E-state index in [1.807, 2.05) is 35.4 Å². The number of likely N-dealkylation sites (tertiary alicyclic amines) is 1. The molecule has 1 aliphatic rings. The average Bonchev–Trinajstić information content (AvgIpc) is 3.09. The lowest BCUT2D eigenvalue weighted by molar-refractivity contribution is 0.0591. The molecule has 1 saturated heterocycles.